The van der Waals surface area contributed by atoms with E-state index in [-0.39, 0.29) is 11.4 Å². The fourth-order valence-electron chi connectivity index (χ4n) is 2.69. The Morgan fingerprint density at radius 1 is 1.00 bits per heavy atom. The molecule has 9 heteroatoms. The predicted octanol–water partition coefficient (Wildman–Crippen LogP) is 3.60. The van der Waals surface area contributed by atoms with Crippen LogP contribution in [0.2, 0.25) is 0 Å². The summed E-state index contributed by atoms with van der Waals surface area (Å²) in [5.41, 5.74) is 3.48. The van der Waals surface area contributed by atoms with E-state index in [2.05, 4.69) is 15.8 Å². The highest BCUT2D eigenvalue weighted by molar-refractivity contribution is 7.10. The highest BCUT2D eigenvalue weighted by Gasteiger charge is 2.14. The molecule has 0 atom stereocenters. The van der Waals surface area contributed by atoms with E-state index in [0.717, 1.165) is 4.88 Å². The molecule has 2 amide bonds. The highest BCUT2D eigenvalue weighted by Crippen LogP contribution is 2.27. The first-order valence-electron chi connectivity index (χ1n) is 9.77. The van der Waals surface area contributed by atoms with E-state index in [1.54, 1.807) is 54.6 Å². The molecule has 0 aliphatic carbocycles. The van der Waals surface area contributed by atoms with E-state index in [9.17, 15) is 14.4 Å². The quantitative estimate of drug-likeness (QED) is 0.175. The fraction of sp³-hybridized carbons (Fsp3) is 0.0833. The summed E-state index contributed by atoms with van der Waals surface area (Å²) in [4.78, 5) is 37.3. The summed E-state index contributed by atoms with van der Waals surface area (Å²) in [6, 6.07) is 17.1. The molecule has 0 radical (unpaired) electrons. The Kier molecular flexibility index (Phi) is 8.09. The van der Waals surface area contributed by atoms with Gasteiger partial charge >= 0.3 is 5.97 Å². The summed E-state index contributed by atoms with van der Waals surface area (Å²) in [7, 11) is 1.45. The number of methoxy groups -OCH3 is 1. The number of hydrogen-bond donors (Lipinski definition) is 2. The molecule has 0 fully saturated rings. The number of amides is 2. The summed E-state index contributed by atoms with van der Waals surface area (Å²) >= 11 is 1.43. The molecular formula is C24H21N3O5S. The number of carbonyl (C=O) groups is 3. The zero-order valence-corrected chi connectivity index (χ0v) is 18.7. The van der Waals surface area contributed by atoms with Crippen molar-refractivity contribution in [2.24, 2.45) is 5.10 Å². The Balaban J connectivity index is 1.73. The number of thiophene rings is 1. The first-order chi connectivity index (χ1) is 16.0. The van der Waals surface area contributed by atoms with Crippen molar-refractivity contribution in [2.75, 3.05) is 7.11 Å². The summed E-state index contributed by atoms with van der Waals surface area (Å²) in [6.45, 7) is 1.29. The van der Waals surface area contributed by atoms with Crippen LogP contribution in [0.4, 0.5) is 0 Å². The predicted molar refractivity (Wildman–Crippen MR) is 126 cm³/mol. The van der Waals surface area contributed by atoms with Crippen molar-refractivity contribution in [3.63, 3.8) is 0 Å². The van der Waals surface area contributed by atoms with Gasteiger partial charge in [0.15, 0.2) is 11.5 Å². The van der Waals surface area contributed by atoms with Crippen molar-refractivity contribution < 1.29 is 23.9 Å². The van der Waals surface area contributed by atoms with Gasteiger partial charge in [-0.2, -0.15) is 5.10 Å². The van der Waals surface area contributed by atoms with Crippen LogP contribution < -0.4 is 20.2 Å². The lowest BCUT2D eigenvalue weighted by Gasteiger charge is -2.09. The number of nitrogens with zero attached hydrogens (tertiary/aromatic N) is 1. The molecule has 33 heavy (non-hydrogen) atoms. The van der Waals surface area contributed by atoms with Gasteiger partial charge < -0.3 is 14.8 Å². The van der Waals surface area contributed by atoms with Crippen molar-refractivity contribution >= 4 is 41.4 Å². The first kappa shape index (κ1) is 23.4. The molecule has 1 heterocycles. The molecule has 0 spiro atoms. The lowest BCUT2D eigenvalue weighted by molar-refractivity contribution is -0.132. The Morgan fingerprint density at radius 3 is 2.45 bits per heavy atom. The van der Waals surface area contributed by atoms with Crippen LogP contribution in [0.5, 0.6) is 11.5 Å². The number of carbonyl (C=O) groups excluding carboxylic acids is 3. The lowest BCUT2D eigenvalue weighted by Crippen LogP contribution is -2.32. The second kappa shape index (κ2) is 11.4. The van der Waals surface area contributed by atoms with Crippen molar-refractivity contribution in [1.82, 2.24) is 10.7 Å². The van der Waals surface area contributed by atoms with E-state index in [4.69, 9.17) is 9.47 Å². The third-order valence-corrected chi connectivity index (χ3v) is 5.00. The number of ether oxygens (including phenoxy) is 2. The van der Waals surface area contributed by atoms with Crippen molar-refractivity contribution in [2.45, 2.75) is 6.92 Å². The number of hydrazone groups is 1. The van der Waals surface area contributed by atoms with Crippen LogP contribution >= 0.6 is 11.3 Å². The van der Waals surface area contributed by atoms with Gasteiger partial charge in [-0.1, -0.05) is 24.3 Å². The molecule has 1 aromatic heterocycles. The van der Waals surface area contributed by atoms with Crippen molar-refractivity contribution in [3.05, 3.63) is 87.7 Å². The molecule has 2 N–H and O–H groups in total. The van der Waals surface area contributed by atoms with Crippen LogP contribution in [0.1, 0.15) is 27.7 Å². The minimum Gasteiger partial charge on any atom is -0.493 e. The maximum atomic E-state index is 12.7. The van der Waals surface area contributed by atoms with Gasteiger partial charge in [-0.25, -0.2) is 5.43 Å². The molecule has 0 aliphatic heterocycles. The Morgan fingerprint density at radius 2 is 1.79 bits per heavy atom. The van der Waals surface area contributed by atoms with E-state index in [1.807, 2.05) is 17.5 Å². The van der Waals surface area contributed by atoms with Crippen LogP contribution in [-0.2, 0) is 9.59 Å². The van der Waals surface area contributed by atoms with E-state index >= 15 is 0 Å². The number of hydrogen-bond acceptors (Lipinski definition) is 7. The second-order valence-corrected chi connectivity index (χ2v) is 7.58. The normalized spacial score (nSPS) is 11.2. The molecule has 0 unspecified atom stereocenters. The minimum absolute atomic E-state index is 0.0474. The Hall–Kier alpha value is -4.24. The van der Waals surface area contributed by atoms with Gasteiger partial charge in [0, 0.05) is 17.4 Å². The van der Waals surface area contributed by atoms with E-state index in [0.29, 0.717) is 16.9 Å². The number of esters is 1. The van der Waals surface area contributed by atoms with Crippen LogP contribution in [0.25, 0.3) is 6.08 Å². The number of benzene rings is 2. The number of rotatable bonds is 8. The summed E-state index contributed by atoms with van der Waals surface area (Å²) in [5.74, 6) is -0.856. The fourth-order valence-corrected chi connectivity index (χ4v) is 3.34. The standard InChI is InChI=1S/C24H21N3O5S/c1-16(28)32-21-11-10-17(13-22(21)31-2)15-25-27-24(30)20(14-19-9-6-12-33-19)26-23(29)18-7-4-3-5-8-18/h3-15H,1-2H3,(H,26,29)(H,27,30)/b20-14+,25-15+. The monoisotopic (exact) mass is 463 g/mol. The summed E-state index contributed by atoms with van der Waals surface area (Å²) in [5, 5.41) is 8.47. The minimum atomic E-state index is -0.590. The third-order valence-electron chi connectivity index (χ3n) is 4.18. The van der Waals surface area contributed by atoms with Crippen LogP contribution in [0.15, 0.2) is 76.8 Å². The number of nitrogens with one attached hydrogen (secondary N) is 2. The maximum Gasteiger partial charge on any atom is 0.308 e. The maximum absolute atomic E-state index is 12.7. The smallest absolute Gasteiger partial charge is 0.308 e. The molecule has 0 bridgehead atoms. The topological polar surface area (TPSA) is 106 Å². The average molecular weight is 464 g/mol. The molecule has 3 aromatic rings. The molecule has 3 rings (SSSR count). The lowest BCUT2D eigenvalue weighted by atomic mass is 10.2. The molecule has 8 nitrogen and oxygen atoms in total. The average Bonchev–Trinajstić information content (AvgIpc) is 3.32. The van der Waals surface area contributed by atoms with E-state index < -0.39 is 17.8 Å². The van der Waals surface area contributed by atoms with Gasteiger partial charge in [0.1, 0.15) is 5.70 Å². The third kappa shape index (κ3) is 6.88. The highest BCUT2D eigenvalue weighted by atomic mass is 32.1. The first-order valence-corrected chi connectivity index (χ1v) is 10.7. The molecular weight excluding hydrogens is 442 g/mol. The van der Waals surface area contributed by atoms with Gasteiger partial charge in [-0.15, -0.1) is 11.3 Å². The Bertz CT molecular complexity index is 1190. The zero-order valence-electron chi connectivity index (χ0n) is 17.9. The van der Waals surface area contributed by atoms with Crippen LogP contribution in [0.3, 0.4) is 0 Å². The largest absolute Gasteiger partial charge is 0.493 e. The second-order valence-electron chi connectivity index (χ2n) is 6.60. The zero-order chi connectivity index (χ0) is 23.6. The van der Waals surface area contributed by atoms with Gasteiger partial charge in [0.2, 0.25) is 0 Å². The van der Waals surface area contributed by atoms with Crippen LogP contribution in [0, 0.1) is 0 Å². The van der Waals surface area contributed by atoms with Crippen molar-refractivity contribution in [1.29, 1.82) is 0 Å². The van der Waals surface area contributed by atoms with Crippen molar-refractivity contribution in [3.8, 4) is 11.5 Å². The van der Waals surface area contributed by atoms with Gasteiger partial charge in [-0.3, -0.25) is 14.4 Å². The van der Waals surface area contributed by atoms with Crippen LogP contribution in [-0.4, -0.2) is 31.1 Å². The molecule has 0 saturated carbocycles. The SMILES string of the molecule is COc1cc(/C=N/NC(=O)/C(=C\c2cccs2)NC(=O)c2ccccc2)ccc1OC(C)=O. The molecule has 0 saturated heterocycles. The molecule has 0 aliphatic rings. The van der Waals surface area contributed by atoms with E-state index in [1.165, 1.54) is 31.6 Å². The molecule has 2 aromatic carbocycles. The Labute approximate surface area is 194 Å². The summed E-state index contributed by atoms with van der Waals surface area (Å²) < 4.78 is 10.3. The molecule has 168 valence electrons. The summed E-state index contributed by atoms with van der Waals surface area (Å²) in [6.07, 6.45) is 2.98. The van der Waals surface area contributed by atoms with Gasteiger partial charge in [-0.05, 0) is 53.4 Å². The van der Waals surface area contributed by atoms with Gasteiger partial charge in [0.25, 0.3) is 11.8 Å². The van der Waals surface area contributed by atoms with Gasteiger partial charge in [0.05, 0.1) is 13.3 Å².